The SMILES string of the molecule is Nc1cccc(C2(c3ccsc3)CC(=O)C(Sc3ccccc3Cl)C(O)N2)c1. The molecule has 144 valence electrons. The Morgan fingerprint density at radius 1 is 1.18 bits per heavy atom. The van der Waals surface area contributed by atoms with E-state index in [1.165, 1.54) is 11.8 Å². The van der Waals surface area contributed by atoms with E-state index in [0.717, 1.165) is 16.0 Å². The first kappa shape index (κ1) is 19.5. The number of thiophene rings is 1. The van der Waals surface area contributed by atoms with E-state index < -0.39 is 17.0 Å². The molecular weight excluding hydrogens is 412 g/mol. The molecule has 1 aliphatic heterocycles. The Kier molecular flexibility index (Phi) is 5.49. The maximum absolute atomic E-state index is 13.2. The number of Topliss-reactive ketones (excluding diaryl/α,β-unsaturated/α-hetero) is 1. The lowest BCUT2D eigenvalue weighted by atomic mass is 9.77. The molecule has 3 unspecified atom stereocenters. The van der Waals surface area contributed by atoms with E-state index in [4.69, 9.17) is 17.3 Å². The van der Waals surface area contributed by atoms with Gasteiger partial charge < -0.3 is 10.8 Å². The summed E-state index contributed by atoms with van der Waals surface area (Å²) >= 11 is 9.08. The van der Waals surface area contributed by atoms with Gasteiger partial charge in [-0.1, -0.05) is 35.9 Å². The number of nitrogen functional groups attached to an aromatic ring is 1. The lowest BCUT2D eigenvalue weighted by Gasteiger charge is -2.43. The smallest absolute Gasteiger partial charge is 0.152 e. The standard InChI is InChI=1S/C21H19ClN2O2S2/c22-16-6-1-2-7-18(16)28-19-17(25)11-21(24-20(19)26,14-8-9-27-12-14)13-4-3-5-15(23)10-13/h1-10,12,19-20,24,26H,11,23H2. The Balaban J connectivity index is 1.70. The quantitative estimate of drug-likeness (QED) is 0.539. The molecule has 0 saturated carbocycles. The minimum absolute atomic E-state index is 0.0372. The van der Waals surface area contributed by atoms with Gasteiger partial charge in [-0.15, -0.1) is 11.8 Å². The number of rotatable bonds is 4. The highest BCUT2D eigenvalue weighted by Gasteiger charge is 2.47. The monoisotopic (exact) mass is 430 g/mol. The fourth-order valence-corrected chi connectivity index (χ4v) is 5.60. The molecule has 3 atom stereocenters. The van der Waals surface area contributed by atoms with Gasteiger partial charge >= 0.3 is 0 Å². The first-order valence-electron chi connectivity index (χ1n) is 8.78. The van der Waals surface area contributed by atoms with Gasteiger partial charge in [0.2, 0.25) is 0 Å². The molecular formula is C21H19ClN2O2S2. The Morgan fingerprint density at radius 2 is 2.00 bits per heavy atom. The number of hydrogen-bond donors (Lipinski definition) is 3. The van der Waals surface area contributed by atoms with Gasteiger partial charge in [-0.25, -0.2) is 0 Å². The lowest BCUT2D eigenvalue weighted by Crippen LogP contribution is -2.60. The average molecular weight is 431 g/mol. The van der Waals surface area contributed by atoms with Gasteiger partial charge in [0.15, 0.2) is 5.78 Å². The molecule has 0 bridgehead atoms. The van der Waals surface area contributed by atoms with Gasteiger partial charge in [-0.3, -0.25) is 10.1 Å². The van der Waals surface area contributed by atoms with Crippen LogP contribution in [0.2, 0.25) is 5.02 Å². The number of thioether (sulfide) groups is 1. The van der Waals surface area contributed by atoms with Crippen LogP contribution in [0.3, 0.4) is 0 Å². The first-order valence-corrected chi connectivity index (χ1v) is 11.0. The van der Waals surface area contributed by atoms with E-state index in [9.17, 15) is 9.90 Å². The number of halogens is 1. The predicted octanol–water partition coefficient (Wildman–Crippen LogP) is 4.27. The van der Waals surface area contributed by atoms with E-state index in [-0.39, 0.29) is 12.2 Å². The van der Waals surface area contributed by atoms with Gasteiger partial charge in [0.1, 0.15) is 11.5 Å². The number of hydrogen-bond acceptors (Lipinski definition) is 6. The summed E-state index contributed by atoms with van der Waals surface area (Å²) in [5.74, 6) is -0.0372. The fraction of sp³-hybridized carbons (Fsp3) is 0.190. The second-order valence-electron chi connectivity index (χ2n) is 6.74. The fourth-order valence-electron chi connectivity index (χ4n) is 3.57. The molecule has 4 rings (SSSR count). The molecule has 7 heteroatoms. The van der Waals surface area contributed by atoms with Crippen LogP contribution in [0.25, 0.3) is 0 Å². The second kappa shape index (κ2) is 7.89. The summed E-state index contributed by atoms with van der Waals surface area (Å²) in [7, 11) is 0. The van der Waals surface area contributed by atoms with Gasteiger partial charge in [-0.2, -0.15) is 11.3 Å². The average Bonchev–Trinajstić information content (AvgIpc) is 3.21. The van der Waals surface area contributed by atoms with Crippen molar-refractivity contribution in [3.8, 4) is 0 Å². The number of anilines is 1. The van der Waals surface area contributed by atoms with Crippen LogP contribution in [0.4, 0.5) is 5.69 Å². The zero-order valence-corrected chi connectivity index (χ0v) is 17.2. The Labute approximate surface area is 176 Å². The van der Waals surface area contributed by atoms with Gasteiger partial charge in [-0.05, 0) is 52.2 Å². The number of aliphatic hydroxyl groups excluding tert-OH is 1. The third kappa shape index (κ3) is 3.58. The molecule has 0 spiro atoms. The molecule has 0 aliphatic carbocycles. The van der Waals surface area contributed by atoms with E-state index in [2.05, 4.69) is 5.32 Å². The number of benzene rings is 2. The molecule has 1 fully saturated rings. The summed E-state index contributed by atoms with van der Waals surface area (Å²) in [5, 5.41) is 18.1. The number of carbonyl (C=O) groups excluding carboxylic acids is 1. The van der Waals surface area contributed by atoms with E-state index in [0.29, 0.717) is 10.7 Å². The van der Waals surface area contributed by atoms with Crippen molar-refractivity contribution in [1.29, 1.82) is 0 Å². The van der Waals surface area contributed by atoms with Crippen LogP contribution in [-0.2, 0) is 10.3 Å². The molecule has 0 radical (unpaired) electrons. The summed E-state index contributed by atoms with van der Waals surface area (Å²) in [5.41, 5.74) is 7.60. The number of nitrogens with two attached hydrogens (primary N) is 1. The number of ketones is 1. The van der Waals surface area contributed by atoms with Crippen molar-refractivity contribution < 1.29 is 9.90 Å². The summed E-state index contributed by atoms with van der Waals surface area (Å²) in [6.07, 6.45) is -0.823. The predicted molar refractivity (Wildman–Crippen MR) is 116 cm³/mol. The molecule has 3 aromatic rings. The van der Waals surface area contributed by atoms with Crippen molar-refractivity contribution in [2.75, 3.05) is 5.73 Å². The third-order valence-electron chi connectivity index (χ3n) is 4.92. The van der Waals surface area contributed by atoms with Crippen molar-refractivity contribution in [3.63, 3.8) is 0 Å². The van der Waals surface area contributed by atoms with Crippen LogP contribution >= 0.6 is 34.7 Å². The van der Waals surface area contributed by atoms with E-state index in [1.54, 1.807) is 17.4 Å². The topological polar surface area (TPSA) is 75.4 Å². The van der Waals surface area contributed by atoms with Crippen LogP contribution < -0.4 is 11.1 Å². The highest BCUT2D eigenvalue weighted by atomic mass is 35.5. The molecule has 28 heavy (non-hydrogen) atoms. The highest BCUT2D eigenvalue weighted by molar-refractivity contribution is 8.00. The van der Waals surface area contributed by atoms with Crippen LogP contribution in [0.1, 0.15) is 17.5 Å². The second-order valence-corrected chi connectivity index (χ2v) is 9.11. The Bertz CT molecular complexity index is 996. The summed E-state index contributed by atoms with van der Waals surface area (Å²) in [6, 6.07) is 16.8. The van der Waals surface area contributed by atoms with Gasteiger partial charge in [0, 0.05) is 17.0 Å². The molecule has 0 amide bonds. The van der Waals surface area contributed by atoms with Gasteiger partial charge in [0.25, 0.3) is 0 Å². The van der Waals surface area contributed by atoms with E-state index in [1.807, 2.05) is 59.3 Å². The van der Waals surface area contributed by atoms with Crippen molar-refractivity contribution in [2.45, 2.75) is 28.3 Å². The first-order chi connectivity index (χ1) is 13.5. The highest BCUT2D eigenvalue weighted by Crippen LogP contribution is 2.42. The summed E-state index contributed by atoms with van der Waals surface area (Å²) in [6.45, 7) is 0. The minimum atomic E-state index is -1.04. The molecule has 4 nitrogen and oxygen atoms in total. The van der Waals surface area contributed by atoms with Crippen molar-refractivity contribution in [3.05, 3.63) is 81.5 Å². The van der Waals surface area contributed by atoms with Crippen LogP contribution in [-0.4, -0.2) is 22.4 Å². The number of piperidine rings is 1. The molecule has 2 heterocycles. The Hall–Kier alpha value is -1.83. The molecule has 4 N–H and O–H groups in total. The maximum atomic E-state index is 13.2. The summed E-state index contributed by atoms with van der Waals surface area (Å²) < 4.78 is 0. The molecule has 1 saturated heterocycles. The Morgan fingerprint density at radius 3 is 2.68 bits per heavy atom. The molecule has 2 aromatic carbocycles. The number of aliphatic hydroxyl groups is 1. The lowest BCUT2D eigenvalue weighted by molar-refractivity contribution is -0.125. The normalized spacial score (nSPS) is 25.0. The summed E-state index contributed by atoms with van der Waals surface area (Å²) in [4.78, 5) is 14.0. The van der Waals surface area contributed by atoms with Crippen molar-refractivity contribution >= 4 is 46.2 Å². The zero-order valence-electron chi connectivity index (χ0n) is 14.8. The zero-order chi connectivity index (χ0) is 19.7. The van der Waals surface area contributed by atoms with Crippen LogP contribution in [0.5, 0.6) is 0 Å². The van der Waals surface area contributed by atoms with Crippen molar-refractivity contribution in [2.24, 2.45) is 0 Å². The largest absolute Gasteiger partial charge is 0.399 e. The third-order valence-corrected chi connectivity index (χ3v) is 7.43. The molecule has 1 aromatic heterocycles. The minimum Gasteiger partial charge on any atom is -0.399 e. The van der Waals surface area contributed by atoms with Crippen LogP contribution in [0.15, 0.2) is 70.3 Å². The van der Waals surface area contributed by atoms with E-state index >= 15 is 0 Å². The molecule has 1 aliphatic rings. The number of carbonyl (C=O) groups is 1. The maximum Gasteiger partial charge on any atom is 0.152 e. The van der Waals surface area contributed by atoms with Crippen molar-refractivity contribution in [1.82, 2.24) is 5.32 Å². The van der Waals surface area contributed by atoms with Gasteiger partial charge in [0.05, 0.1) is 10.6 Å². The number of nitrogens with one attached hydrogen (secondary N) is 1. The van der Waals surface area contributed by atoms with Crippen LogP contribution in [0, 0.1) is 0 Å².